The van der Waals surface area contributed by atoms with Crippen LogP contribution in [0.5, 0.6) is 0 Å². The largest absolute Gasteiger partial charge is 0.431 e. The lowest BCUT2D eigenvalue weighted by Crippen LogP contribution is -2.15. The number of carbonyl (C=O) groups is 2. The molecule has 1 aromatic rings. The van der Waals surface area contributed by atoms with E-state index < -0.39 is 0 Å². The monoisotopic (exact) mass is 244 g/mol. The highest BCUT2D eigenvalue weighted by Crippen LogP contribution is 2.31. The summed E-state index contributed by atoms with van der Waals surface area (Å²) in [4.78, 5) is 22.6. The van der Waals surface area contributed by atoms with Crippen molar-refractivity contribution in [3.8, 4) is 0 Å². The molecule has 1 aliphatic carbocycles. The lowest BCUT2D eigenvalue weighted by Gasteiger charge is -2.21. The second-order valence-corrected chi connectivity index (χ2v) is 4.69. The van der Waals surface area contributed by atoms with Crippen LogP contribution in [0.4, 0.5) is 0 Å². The maximum Gasteiger partial charge on any atom is 0.307 e. The molecule has 0 aliphatic heterocycles. The van der Waals surface area contributed by atoms with Gasteiger partial charge in [-0.1, -0.05) is 29.8 Å². The molecule has 0 fully saturated rings. The van der Waals surface area contributed by atoms with Gasteiger partial charge in [0.15, 0.2) is 5.78 Å². The van der Waals surface area contributed by atoms with Crippen LogP contribution in [-0.4, -0.2) is 11.8 Å². The summed E-state index contributed by atoms with van der Waals surface area (Å²) in [5, 5.41) is 0. The first-order chi connectivity index (χ1) is 8.54. The van der Waals surface area contributed by atoms with Crippen molar-refractivity contribution in [2.24, 2.45) is 0 Å². The molecule has 0 saturated carbocycles. The highest BCUT2D eigenvalue weighted by molar-refractivity contribution is 5.92. The Morgan fingerprint density at radius 3 is 2.50 bits per heavy atom. The molecule has 0 N–H and O–H groups in total. The van der Waals surface area contributed by atoms with Gasteiger partial charge in [-0.25, -0.2) is 0 Å². The molecule has 3 heteroatoms. The lowest BCUT2D eigenvalue weighted by molar-refractivity contribution is -0.137. The van der Waals surface area contributed by atoms with Crippen LogP contribution in [0.3, 0.4) is 0 Å². The number of allylic oxidation sites excluding steroid dienone is 2. The second-order valence-electron chi connectivity index (χ2n) is 4.69. The Hall–Kier alpha value is -1.90. The number of hydrogen-bond acceptors (Lipinski definition) is 3. The molecule has 94 valence electrons. The third kappa shape index (κ3) is 3.06. The van der Waals surface area contributed by atoms with Crippen LogP contribution in [0.15, 0.2) is 36.1 Å². The van der Waals surface area contributed by atoms with Gasteiger partial charge in [-0.2, -0.15) is 0 Å². The van der Waals surface area contributed by atoms with E-state index in [1.807, 2.05) is 31.2 Å². The number of aryl methyl sites for hydroxylation is 1. The van der Waals surface area contributed by atoms with Crippen LogP contribution in [-0.2, 0) is 14.3 Å². The zero-order valence-corrected chi connectivity index (χ0v) is 10.6. The summed E-state index contributed by atoms with van der Waals surface area (Å²) >= 11 is 0. The van der Waals surface area contributed by atoms with E-state index in [0.717, 1.165) is 5.56 Å². The maximum atomic E-state index is 11.6. The molecule has 0 bridgehead atoms. The Bertz CT molecular complexity index is 497. The first kappa shape index (κ1) is 12.6. The standard InChI is InChI=1S/C15H16O3/c1-10-3-5-12(6-4-10)13-7-14(17)9-15(8-13)18-11(2)16/h3-6,9,13H,7-8H2,1-2H3/t13-/m1/s1. The molecule has 0 unspecified atom stereocenters. The fraction of sp³-hybridized carbons (Fsp3) is 0.333. The molecule has 0 saturated heterocycles. The van der Waals surface area contributed by atoms with E-state index in [4.69, 9.17) is 4.74 Å². The Kier molecular flexibility index (Phi) is 3.60. The fourth-order valence-electron chi connectivity index (χ4n) is 2.19. The lowest BCUT2D eigenvalue weighted by atomic mass is 9.86. The molecular weight excluding hydrogens is 228 g/mol. The van der Waals surface area contributed by atoms with Gasteiger partial charge >= 0.3 is 5.97 Å². The predicted molar refractivity (Wildman–Crippen MR) is 68.0 cm³/mol. The summed E-state index contributed by atoms with van der Waals surface area (Å²) < 4.78 is 5.04. The Morgan fingerprint density at radius 1 is 1.22 bits per heavy atom. The van der Waals surface area contributed by atoms with Crippen LogP contribution >= 0.6 is 0 Å². The maximum absolute atomic E-state index is 11.6. The number of ketones is 1. The van der Waals surface area contributed by atoms with Gasteiger partial charge in [0.1, 0.15) is 5.76 Å². The minimum Gasteiger partial charge on any atom is -0.431 e. The first-order valence-electron chi connectivity index (χ1n) is 6.03. The molecule has 0 radical (unpaired) electrons. The number of carbonyl (C=O) groups excluding carboxylic acids is 2. The topological polar surface area (TPSA) is 43.4 Å². The molecule has 0 amide bonds. The van der Waals surface area contributed by atoms with Gasteiger partial charge in [-0.3, -0.25) is 9.59 Å². The van der Waals surface area contributed by atoms with E-state index in [0.29, 0.717) is 18.6 Å². The highest BCUT2D eigenvalue weighted by atomic mass is 16.5. The molecule has 0 heterocycles. The average molecular weight is 244 g/mol. The molecular formula is C15H16O3. The molecule has 3 nitrogen and oxygen atoms in total. The van der Waals surface area contributed by atoms with Gasteiger partial charge in [-0.05, 0) is 18.4 Å². The van der Waals surface area contributed by atoms with E-state index >= 15 is 0 Å². The Balaban J connectivity index is 2.16. The zero-order chi connectivity index (χ0) is 13.1. The molecule has 0 aromatic heterocycles. The minimum atomic E-state index is -0.376. The normalized spacial score (nSPS) is 19.3. The predicted octanol–water partition coefficient (Wildman–Crippen LogP) is 2.89. The van der Waals surface area contributed by atoms with Crippen molar-refractivity contribution in [2.75, 3.05) is 0 Å². The van der Waals surface area contributed by atoms with E-state index in [1.54, 1.807) is 0 Å². The quantitative estimate of drug-likeness (QED) is 0.751. The summed E-state index contributed by atoms with van der Waals surface area (Å²) in [5.74, 6) is 0.225. The zero-order valence-electron chi connectivity index (χ0n) is 10.6. The summed E-state index contributed by atoms with van der Waals surface area (Å²) in [6.07, 6.45) is 2.52. The summed E-state index contributed by atoms with van der Waals surface area (Å²) in [6.45, 7) is 3.38. The summed E-state index contributed by atoms with van der Waals surface area (Å²) in [6, 6.07) is 8.13. The molecule has 18 heavy (non-hydrogen) atoms. The molecule has 1 aliphatic rings. The van der Waals surface area contributed by atoms with E-state index in [9.17, 15) is 9.59 Å². The van der Waals surface area contributed by atoms with Crippen molar-refractivity contribution < 1.29 is 14.3 Å². The van der Waals surface area contributed by atoms with Crippen LogP contribution in [0.25, 0.3) is 0 Å². The highest BCUT2D eigenvalue weighted by Gasteiger charge is 2.23. The van der Waals surface area contributed by atoms with E-state index in [-0.39, 0.29) is 17.7 Å². The van der Waals surface area contributed by atoms with E-state index in [2.05, 4.69) is 0 Å². The van der Waals surface area contributed by atoms with Gasteiger partial charge in [0.25, 0.3) is 0 Å². The van der Waals surface area contributed by atoms with Crippen molar-refractivity contribution in [1.29, 1.82) is 0 Å². The fourth-order valence-corrected chi connectivity index (χ4v) is 2.19. The van der Waals surface area contributed by atoms with Crippen molar-refractivity contribution in [1.82, 2.24) is 0 Å². The van der Waals surface area contributed by atoms with Crippen molar-refractivity contribution >= 4 is 11.8 Å². The first-order valence-corrected chi connectivity index (χ1v) is 6.03. The van der Waals surface area contributed by atoms with Crippen LogP contribution in [0.2, 0.25) is 0 Å². The third-order valence-electron chi connectivity index (χ3n) is 3.04. The van der Waals surface area contributed by atoms with Gasteiger partial charge < -0.3 is 4.74 Å². The summed E-state index contributed by atoms with van der Waals surface area (Å²) in [7, 11) is 0. The van der Waals surface area contributed by atoms with E-state index in [1.165, 1.54) is 18.6 Å². The second kappa shape index (κ2) is 5.17. The van der Waals surface area contributed by atoms with Gasteiger partial charge in [0.2, 0.25) is 0 Å². The third-order valence-corrected chi connectivity index (χ3v) is 3.04. The molecule has 1 aromatic carbocycles. The number of rotatable bonds is 2. The van der Waals surface area contributed by atoms with Gasteiger partial charge in [0.05, 0.1) is 0 Å². The molecule has 0 spiro atoms. The Morgan fingerprint density at radius 2 is 1.89 bits per heavy atom. The van der Waals surface area contributed by atoms with Crippen LogP contribution in [0.1, 0.15) is 36.8 Å². The smallest absolute Gasteiger partial charge is 0.307 e. The molecule has 1 atom stereocenters. The number of esters is 1. The van der Waals surface area contributed by atoms with Crippen molar-refractivity contribution in [3.63, 3.8) is 0 Å². The number of benzene rings is 1. The van der Waals surface area contributed by atoms with Gasteiger partial charge in [-0.15, -0.1) is 0 Å². The van der Waals surface area contributed by atoms with Crippen LogP contribution in [0, 0.1) is 6.92 Å². The summed E-state index contributed by atoms with van der Waals surface area (Å²) in [5.41, 5.74) is 2.31. The SMILES string of the molecule is CC(=O)OC1=CC(=O)C[C@@H](c2ccc(C)cc2)C1. The molecule has 2 rings (SSSR count). The van der Waals surface area contributed by atoms with Crippen molar-refractivity contribution in [2.45, 2.75) is 32.6 Å². The Labute approximate surface area is 106 Å². The van der Waals surface area contributed by atoms with Crippen molar-refractivity contribution in [3.05, 3.63) is 47.2 Å². The van der Waals surface area contributed by atoms with Gasteiger partial charge in [0, 0.05) is 25.8 Å². The van der Waals surface area contributed by atoms with Crippen LogP contribution < -0.4 is 0 Å². The average Bonchev–Trinajstić information content (AvgIpc) is 2.28. The number of hydrogen-bond donors (Lipinski definition) is 0. The number of ether oxygens (including phenoxy) is 1. The minimum absolute atomic E-state index is 0.0167.